The topological polar surface area (TPSA) is 97.6 Å². The van der Waals surface area contributed by atoms with E-state index in [0.717, 1.165) is 18.4 Å². The summed E-state index contributed by atoms with van der Waals surface area (Å²) >= 11 is 0. The molecule has 1 aliphatic carbocycles. The van der Waals surface area contributed by atoms with E-state index in [1.165, 1.54) is 19.3 Å². The minimum absolute atomic E-state index is 0.169. The molecule has 0 aliphatic heterocycles. The molecule has 1 fully saturated rings. The lowest BCUT2D eigenvalue weighted by Crippen LogP contribution is -2.37. The normalized spacial score (nSPS) is 14.4. The standard InChI is InChI=1S/C19H20N2O5/c1-11-5-6-13(10-15(11)21-18(23)16-4-3-9-25-16)19(24)26-12(2)17(22)20-14-7-8-14/h3-6,9-10,12,14H,7-8H2,1-2H3,(H,20,22)(H,21,23)/t12-/m0/s1. The van der Waals surface area contributed by atoms with Crippen molar-refractivity contribution in [2.45, 2.75) is 38.8 Å². The van der Waals surface area contributed by atoms with Crippen molar-refractivity contribution >= 4 is 23.5 Å². The minimum Gasteiger partial charge on any atom is -0.459 e. The third-order valence-corrected chi connectivity index (χ3v) is 4.04. The average molecular weight is 356 g/mol. The van der Waals surface area contributed by atoms with Crippen LogP contribution in [0.1, 0.15) is 46.2 Å². The molecule has 7 heteroatoms. The number of ether oxygens (including phenoxy) is 1. The van der Waals surface area contributed by atoms with E-state index in [1.807, 2.05) is 0 Å². The number of aryl methyl sites for hydroxylation is 1. The van der Waals surface area contributed by atoms with Crippen LogP contribution in [0.2, 0.25) is 0 Å². The lowest BCUT2D eigenvalue weighted by Gasteiger charge is -2.14. The molecule has 0 radical (unpaired) electrons. The van der Waals surface area contributed by atoms with Gasteiger partial charge in [0.25, 0.3) is 11.8 Å². The molecule has 2 amide bonds. The van der Waals surface area contributed by atoms with Crippen LogP contribution in [-0.4, -0.2) is 29.9 Å². The summed E-state index contributed by atoms with van der Waals surface area (Å²) in [7, 11) is 0. The SMILES string of the molecule is Cc1ccc(C(=O)O[C@@H](C)C(=O)NC2CC2)cc1NC(=O)c1ccco1. The van der Waals surface area contributed by atoms with E-state index >= 15 is 0 Å². The molecule has 26 heavy (non-hydrogen) atoms. The van der Waals surface area contributed by atoms with Crippen LogP contribution in [0, 0.1) is 6.92 Å². The van der Waals surface area contributed by atoms with Crippen molar-refractivity contribution in [2.75, 3.05) is 5.32 Å². The zero-order valence-electron chi connectivity index (χ0n) is 14.6. The molecule has 1 atom stereocenters. The lowest BCUT2D eigenvalue weighted by molar-refractivity contribution is -0.129. The van der Waals surface area contributed by atoms with E-state index in [4.69, 9.17) is 9.15 Å². The Balaban J connectivity index is 1.66. The van der Waals surface area contributed by atoms with Crippen LogP contribution >= 0.6 is 0 Å². The number of carbonyl (C=O) groups excluding carboxylic acids is 3. The highest BCUT2D eigenvalue weighted by Crippen LogP contribution is 2.20. The van der Waals surface area contributed by atoms with Crippen molar-refractivity contribution in [1.29, 1.82) is 0 Å². The number of anilines is 1. The smallest absolute Gasteiger partial charge is 0.338 e. The molecular formula is C19H20N2O5. The Labute approximate surface area is 150 Å². The van der Waals surface area contributed by atoms with Crippen LogP contribution in [0.25, 0.3) is 0 Å². The molecule has 136 valence electrons. The van der Waals surface area contributed by atoms with E-state index < -0.39 is 18.0 Å². The van der Waals surface area contributed by atoms with Crippen molar-refractivity contribution < 1.29 is 23.5 Å². The zero-order chi connectivity index (χ0) is 18.7. The number of hydrogen-bond donors (Lipinski definition) is 2. The Morgan fingerprint density at radius 2 is 2.00 bits per heavy atom. The maximum Gasteiger partial charge on any atom is 0.338 e. The van der Waals surface area contributed by atoms with Crippen LogP contribution in [-0.2, 0) is 9.53 Å². The second-order valence-electron chi connectivity index (χ2n) is 6.29. The Hall–Kier alpha value is -3.09. The number of esters is 1. The monoisotopic (exact) mass is 356 g/mol. The fraction of sp³-hybridized carbons (Fsp3) is 0.316. The van der Waals surface area contributed by atoms with Gasteiger partial charge in [0.15, 0.2) is 11.9 Å². The molecule has 2 aromatic rings. The van der Waals surface area contributed by atoms with Gasteiger partial charge in [-0.3, -0.25) is 9.59 Å². The molecule has 7 nitrogen and oxygen atoms in total. The summed E-state index contributed by atoms with van der Waals surface area (Å²) in [6.07, 6.45) is 2.45. The maximum absolute atomic E-state index is 12.3. The number of benzene rings is 1. The van der Waals surface area contributed by atoms with Crippen LogP contribution in [0.3, 0.4) is 0 Å². The van der Waals surface area contributed by atoms with Gasteiger partial charge in [-0.25, -0.2) is 4.79 Å². The van der Waals surface area contributed by atoms with Crippen molar-refractivity contribution in [2.24, 2.45) is 0 Å². The Morgan fingerprint density at radius 3 is 2.65 bits per heavy atom. The van der Waals surface area contributed by atoms with E-state index in [2.05, 4.69) is 10.6 Å². The van der Waals surface area contributed by atoms with Gasteiger partial charge < -0.3 is 19.8 Å². The molecule has 0 bridgehead atoms. The highest BCUT2D eigenvalue weighted by Gasteiger charge is 2.27. The number of furan rings is 1. The number of nitrogens with one attached hydrogen (secondary N) is 2. The van der Waals surface area contributed by atoms with Crippen molar-refractivity contribution in [3.05, 3.63) is 53.5 Å². The molecule has 3 rings (SSSR count). The van der Waals surface area contributed by atoms with Crippen molar-refractivity contribution in [3.63, 3.8) is 0 Å². The third-order valence-electron chi connectivity index (χ3n) is 4.04. The molecule has 1 aromatic heterocycles. The van der Waals surface area contributed by atoms with Crippen LogP contribution < -0.4 is 10.6 Å². The summed E-state index contributed by atoms with van der Waals surface area (Å²) in [5.41, 5.74) is 1.49. The summed E-state index contributed by atoms with van der Waals surface area (Å²) in [5.74, 6) is -1.18. The molecule has 0 spiro atoms. The van der Waals surface area contributed by atoms with E-state index in [-0.39, 0.29) is 23.3 Å². The number of hydrogen-bond acceptors (Lipinski definition) is 5. The molecule has 1 aromatic carbocycles. The average Bonchev–Trinajstić information content (AvgIpc) is 3.24. The van der Waals surface area contributed by atoms with Gasteiger partial charge in [0, 0.05) is 11.7 Å². The van der Waals surface area contributed by atoms with Crippen LogP contribution in [0.4, 0.5) is 5.69 Å². The predicted molar refractivity (Wildman–Crippen MR) is 93.9 cm³/mol. The predicted octanol–water partition coefficient (Wildman–Crippen LogP) is 2.66. The molecule has 0 unspecified atom stereocenters. The first-order valence-electron chi connectivity index (χ1n) is 8.41. The first-order chi connectivity index (χ1) is 12.4. The summed E-state index contributed by atoms with van der Waals surface area (Å²) in [6.45, 7) is 3.34. The maximum atomic E-state index is 12.3. The Kier molecular flexibility index (Phi) is 5.06. The Morgan fingerprint density at radius 1 is 1.23 bits per heavy atom. The van der Waals surface area contributed by atoms with Gasteiger partial charge in [0.1, 0.15) is 0 Å². The zero-order valence-corrected chi connectivity index (χ0v) is 14.6. The first kappa shape index (κ1) is 17.7. The largest absolute Gasteiger partial charge is 0.459 e. The third kappa shape index (κ3) is 4.30. The van der Waals surface area contributed by atoms with Gasteiger partial charge in [-0.2, -0.15) is 0 Å². The molecule has 1 aliphatic rings. The van der Waals surface area contributed by atoms with Crippen LogP contribution in [0.5, 0.6) is 0 Å². The van der Waals surface area contributed by atoms with Crippen molar-refractivity contribution in [1.82, 2.24) is 5.32 Å². The van der Waals surface area contributed by atoms with Gasteiger partial charge in [-0.15, -0.1) is 0 Å². The number of carbonyl (C=O) groups is 3. The summed E-state index contributed by atoms with van der Waals surface area (Å²) in [5, 5.41) is 5.49. The summed E-state index contributed by atoms with van der Waals surface area (Å²) in [6, 6.07) is 8.16. The second kappa shape index (κ2) is 7.43. The van der Waals surface area contributed by atoms with Gasteiger partial charge in [-0.1, -0.05) is 6.07 Å². The highest BCUT2D eigenvalue weighted by molar-refractivity contribution is 6.03. The molecule has 2 N–H and O–H groups in total. The first-order valence-corrected chi connectivity index (χ1v) is 8.41. The fourth-order valence-corrected chi connectivity index (χ4v) is 2.30. The number of rotatable bonds is 6. The second-order valence-corrected chi connectivity index (χ2v) is 6.29. The molecular weight excluding hydrogens is 336 g/mol. The fourth-order valence-electron chi connectivity index (χ4n) is 2.30. The van der Waals surface area contributed by atoms with Gasteiger partial charge in [0.2, 0.25) is 0 Å². The molecule has 0 saturated heterocycles. The number of amides is 2. The molecule has 1 saturated carbocycles. The lowest BCUT2D eigenvalue weighted by atomic mass is 10.1. The summed E-state index contributed by atoms with van der Waals surface area (Å²) in [4.78, 5) is 36.3. The van der Waals surface area contributed by atoms with Gasteiger partial charge in [-0.05, 0) is 56.5 Å². The van der Waals surface area contributed by atoms with E-state index in [9.17, 15) is 14.4 Å². The Bertz CT molecular complexity index is 824. The quantitative estimate of drug-likeness (QED) is 0.776. The highest BCUT2D eigenvalue weighted by atomic mass is 16.5. The summed E-state index contributed by atoms with van der Waals surface area (Å²) < 4.78 is 10.3. The van der Waals surface area contributed by atoms with E-state index in [0.29, 0.717) is 5.69 Å². The van der Waals surface area contributed by atoms with E-state index in [1.54, 1.807) is 31.2 Å². The molecule has 1 heterocycles. The van der Waals surface area contributed by atoms with Gasteiger partial charge >= 0.3 is 5.97 Å². The van der Waals surface area contributed by atoms with Gasteiger partial charge in [0.05, 0.1) is 11.8 Å². The minimum atomic E-state index is -0.884. The van der Waals surface area contributed by atoms with Crippen LogP contribution in [0.15, 0.2) is 41.0 Å². The van der Waals surface area contributed by atoms with Crippen molar-refractivity contribution in [3.8, 4) is 0 Å².